The van der Waals surface area contributed by atoms with Crippen LogP contribution < -0.4 is 15.5 Å². The molecule has 6 nitrogen and oxygen atoms in total. The van der Waals surface area contributed by atoms with Crippen LogP contribution in [0.2, 0.25) is 0 Å². The van der Waals surface area contributed by atoms with Gasteiger partial charge in [-0.2, -0.15) is 0 Å². The molecule has 2 rings (SSSR count). The van der Waals surface area contributed by atoms with Crippen molar-refractivity contribution in [3.63, 3.8) is 0 Å². The predicted molar refractivity (Wildman–Crippen MR) is 101 cm³/mol. The van der Waals surface area contributed by atoms with Gasteiger partial charge in [0.15, 0.2) is 4.84 Å². The molecule has 0 radical (unpaired) electrons. The zero-order valence-electron chi connectivity index (χ0n) is 14.2. The number of carbonyl (C=O) groups is 2. The average molecular weight is 388 g/mol. The third kappa shape index (κ3) is 5.76. The first-order valence-electron chi connectivity index (χ1n) is 8.28. The van der Waals surface area contributed by atoms with Gasteiger partial charge in [0.05, 0.1) is 12.2 Å². The topological polar surface area (TPSA) is 70.7 Å². The third-order valence-electron chi connectivity index (χ3n) is 4.00. The van der Waals surface area contributed by atoms with Gasteiger partial charge in [-0.15, -0.1) is 0 Å². The lowest BCUT2D eigenvalue weighted by Gasteiger charge is -2.30. The lowest BCUT2D eigenvalue weighted by molar-refractivity contribution is -0.114. The number of halogens is 2. The molecule has 2 N–H and O–H groups in total. The SMILES string of the molecule is COCCNC(=O)c1cc(NC(=O)C(Cl)Cl)ccc1N1CCCCC1. The Labute approximate surface area is 157 Å². The zero-order chi connectivity index (χ0) is 18.2. The summed E-state index contributed by atoms with van der Waals surface area (Å²) >= 11 is 11.1. The third-order valence-corrected chi connectivity index (χ3v) is 4.39. The van der Waals surface area contributed by atoms with Crippen molar-refractivity contribution in [3.8, 4) is 0 Å². The van der Waals surface area contributed by atoms with Crippen molar-refractivity contribution in [1.82, 2.24) is 5.32 Å². The molecule has 2 amide bonds. The molecule has 25 heavy (non-hydrogen) atoms. The Bertz CT molecular complexity index is 605. The van der Waals surface area contributed by atoms with E-state index in [2.05, 4.69) is 15.5 Å². The Morgan fingerprint density at radius 2 is 1.96 bits per heavy atom. The number of alkyl halides is 2. The first-order valence-corrected chi connectivity index (χ1v) is 9.15. The van der Waals surface area contributed by atoms with E-state index in [-0.39, 0.29) is 5.91 Å². The van der Waals surface area contributed by atoms with E-state index >= 15 is 0 Å². The Morgan fingerprint density at radius 3 is 2.60 bits per heavy atom. The number of anilines is 2. The zero-order valence-corrected chi connectivity index (χ0v) is 15.7. The summed E-state index contributed by atoms with van der Waals surface area (Å²) in [5, 5.41) is 5.44. The van der Waals surface area contributed by atoms with Crippen LogP contribution in [0.25, 0.3) is 0 Å². The second-order valence-corrected chi connectivity index (χ2v) is 6.91. The summed E-state index contributed by atoms with van der Waals surface area (Å²) in [5.41, 5.74) is 1.85. The fourth-order valence-electron chi connectivity index (χ4n) is 2.76. The molecule has 0 saturated carbocycles. The number of nitrogens with one attached hydrogen (secondary N) is 2. The van der Waals surface area contributed by atoms with Gasteiger partial charge >= 0.3 is 0 Å². The second-order valence-electron chi connectivity index (χ2n) is 5.82. The molecule has 0 bridgehead atoms. The number of rotatable bonds is 7. The van der Waals surface area contributed by atoms with Crippen molar-refractivity contribution in [2.75, 3.05) is 43.6 Å². The minimum absolute atomic E-state index is 0.206. The van der Waals surface area contributed by atoms with Gasteiger partial charge in [0, 0.05) is 38.1 Å². The van der Waals surface area contributed by atoms with E-state index in [1.807, 2.05) is 6.07 Å². The smallest absolute Gasteiger partial charge is 0.257 e. The Balaban J connectivity index is 2.24. The van der Waals surface area contributed by atoms with Crippen molar-refractivity contribution in [2.45, 2.75) is 24.1 Å². The number of piperidine rings is 1. The summed E-state index contributed by atoms with van der Waals surface area (Å²) < 4.78 is 4.97. The van der Waals surface area contributed by atoms with Gasteiger partial charge in [-0.05, 0) is 37.5 Å². The average Bonchev–Trinajstić information content (AvgIpc) is 2.62. The second kappa shape index (κ2) is 9.85. The van der Waals surface area contributed by atoms with Crippen LogP contribution in [0, 0.1) is 0 Å². The van der Waals surface area contributed by atoms with Gasteiger partial charge in [-0.3, -0.25) is 9.59 Å². The lowest BCUT2D eigenvalue weighted by Crippen LogP contribution is -2.33. The number of ether oxygens (including phenoxy) is 1. The van der Waals surface area contributed by atoms with E-state index in [1.165, 1.54) is 6.42 Å². The summed E-state index contributed by atoms with van der Waals surface area (Å²) in [6.07, 6.45) is 3.40. The predicted octanol–water partition coefficient (Wildman–Crippen LogP) is 2.80. The van der Waals surface area contributed by atoms with E-state index in [1.54, 1.807) is 19.2 Å². The molecule has 1 fully saturated rings. The van der Waals surface area contributed by atoms with Crippen LogP contribution in [-0.4, -0.2) is 50.0 Å². The van der Waals surface area contributed by atoms with Crippen LogP contribution >= 0.6 is 23.2 Å². The summed E-state index contributed by atoms with van der Waals surface area (Å²) in [6.45, 7) is 2.67. The summed E-state index contributed by atoms with van der Waals surface area (Å²) in [5.74, 6) is -0.734. The molecule has 1 aromatic rings. The first kappa shape index (κ1) is 19.8. The molecule has 1 aliphatic heterocycles. The molecule has 8 heteroatoms. The van der Waals surface area contributed by atoms with Gasteiger partial charge in [0.2, 0.25) is 0 Å². The molecule has 0 atom stereocenters. The van der Waals surface area contributed by atoms with E-state index in [4.69, 9.17) is 27.9 Å². The van der Waals surface area contributed by atoms with Gasteiger partial charge in [0.25, 0.3) is 11.8 Å². The lowest BCUT2D eigenvalue weighted by atomic mass is 10.1. The molecule has 0 unspecified atom stereocenters. The van der Waals surface area contributed by atoms with Crippen LogP contribution in [0.4, 0.5) is 11.4 Å². The Hall–Kier alpha value is -1.50. The summed E-state index contributed by atoms with van der Waals surface area (Å²) in [4.78, 5) is 25.3. The largest absolute Gasteiger partial charge is 0.383 e. The molecule has 0 aromatic heterocycles. The number of hydrogen-bond acceptors (Lipinski definition) is 4. The highest BCUT2D eigenvalue weighted by Crippen LogP contribution is 2.27. The maximum Gasteiger partial charge on any atom is 0.257 e. The van der Waals surface area contributed by atoms with Crippen LogP contribution in [0.5, 0.6) is 0 Å². The molecule has 1 aliphatic rings. The number of carbonyl (C=O) groups excluding carboxylic acids is 2. The highest BCUT2D eigenvalue weighted by atomic mass is 35.5. The Morgan fingerprint density at radius 1 is 1.24 bits per heavy atom. The summed E-state index contributed by atoms with van der Waals surface area (Å²) in [7, 11) is 1.58. The number of amides is 2. The van der Waals surface area contributed by atoms with Crippen LogP contribution in [0.15, 0.2) is 18.2 Å². The van der Waals surface area contributed by atoms with Gasteiger partial charge in [0.1, 0.15) is 0 Å². The highest BCUT2D eigenvalue weighted by Gasteiger charge is 2.20. The normalized spacial score (nSPS) is 14.5. The van der Waals surface area contributed by atoms with E-state index in [9.17, 15) is 9.59 Å². The van der Waals surface area contributed by atoms with Crippen molar-refractivity contribution >= 4 is 46.4 Å². The van der Waals surface area contributed by atoms with Gasteiger partial charge in [-0.1, -0.05) is 23.2 Å². The molecule has 0 spiro atoms. The van der Waals surface area contributed by atoms with Crippen LogP contribution in [0.3, 0.4) is 0 Å². The molecule has 1 saturated heterocycles. The summed E-state index contributed by atoms with van der Waals surface area (Å²) in [6, 6.07) is 5.26. The Kier molecular flexibility index (Phi) is 7.81. The molecule has 1 aromatic carbocycles. The maximum absolute atomic E-state index is 12.6. The maximum atomic E-state index is 12.6. The molecule has 1 heterocycles. The standard InChI is InChI=1S/C17H23Cl2N3O3/c1-25-10-7-20-16(23)13-11-12(21-17(24)15(18)19)5-6-14(13)22-8-3-2-4-9-22/h5-6,11,15H,2-4,7-10H2,1H3,(H,20,23)(H,21,24). The van der Waals surface area contributed by atoms with Crippen molar-refractivity contribution in [3.05, 3.63) is 23.8 Å². The van der Waals surface area contributed by atoms with Gasteiger partial charge < -0.3 is 20.3 Å². The quantitative estimate of drug-likeness (QED) is 0.557. The minimum Gasteiger partial charge on any atom is -0.383 e. The number of nitrogens with zero attached hydrogens (tertiary/aromatic N) is 1. The fraction of sp³-hybridized carbons (Fsp3) is 0.529. The van der Waals surface area contributed by atoms with Crippen LogP contribution in [-0.2, 0) is 9.53 Å². The highest BCUT2D eigenvalue weighted by molar-refractivity contribution is 6.54. The van der Waals surface area contributed by atoms with Crippen molar-refractivity contribution < 1.29 is 14.3 Å². The molecule has 0 aliphatic carbocycles. The number of hydrogen-bond donors (Lipinski definition) is 2. The van der Waals surface area contributed by atoms with Crippen molar-refractivity contribution in [2.24, 2.45) is 0 Å². The van der Waals surface area contributed by atoms with E-state index < -0.39 is 10.7 Å². The molecular weight excluding hydrogens is 365 g/mol. The van der Waals surface area contributed by atoms with E-state index in [0.29, 0.717) is 24.4 Å². The first-order chi connectivity index (χ1) is 12.0. The molecule has 138 valence electrons. The van der Waals surface area contributed by atoms with Crippen molar-refractivity contribution in [1.29, 1.82) is 0 Å². The molecular formula is C17H23Cl2N3O3. The van der Waals surface area contributed by atoms with Gasteiger partial charge in [-0.25, -0.2) is 0 Å². The van der Waals surface area contributed by atoms with E-state index in [0.717, 1.165) is 31.6 Å². The fourth-order valence-corrected chi connectivity index (χ4v) is 2.87. The number of methoxy groups -OCH3 is 1. The monoisotopic (exact) mass is 387 g/mol. The number of benzene rings is 1. The van der Waals surface area contributed by atoms with Crippen LogP contribution in [0.1, 0.15) is 29.6 Å². The minimum atomic E-state index is -1.17.